The number of amides is 1. The van der Waals surface area contributed by atoms with Crippen molar-refractivity contribution in [3.63, 3.8) is 0 Å². The van der Waals surface area contributed by atoms with Gasteiger partial charge < -0.3 is 14.7 Å². The fourth-order valence-corrected chi connectivity index (χ4v) is 5.09. The Balaban J connectivity index is 1.57. The molecule has 3 atom stereocenters. The fraction of sp³-hybridized carbons (Fsp3) is 0.421. The summed E-state index contributed by atoms with van der Waals surface area (Å²) in [6.45, 7) is 0.538. The monoisotopic (exact) mass is 372 g/mol. The van der Waals surface area contributed by atoms with Crippen molar-refractivity contribution in [3.05, 3.63) is 35.3 Å². The number of methoxy groups -OCH3 is 1. The molecule has 7 heteroatoms. The second-order valence-electron chi connectivity index (χ2n) is 6.85. The molecule has 1 aromatic carbocycles. The third-order valence-corrected chi connectivity index (χ3v) is 6.49. The number of hydrogen-bond acceptors (Lipinski definition) is 5. The lowest BCUT2D eigenvalue weighted by molar-refractivity contribution is -0.142. The van der Waals surface area contributed by atoms with Gasteiger partial charge in [0.25, 0.3) is 5.91 Å². The molecule has 1 aliphatic heterocycles. The van der Waals surface area contributed by atoms with Crippen molar-refractivity contribution < 1.29 is 19.4 Å². The number of likely N-dealkylation sites (tertiary alicyclic amines) is 1. The standard InChI is InChI=1S/C19H20N2O4S/c1-25-13-7-5-11(6-8-13)17-20-9-15(26-17)18(22)21-10-12-3-2-4-14(12)16(21)19(23)24/h5-9,12,14,16H,2-4,10H2,1H3,(H,23,24). The van der Waals surface area contributed by atoms with Crippen LogP contribution in [0.1, 0.15) is 28.9 Å². The number of hydrogen-bond donors (Lipinski definition) is 1. The van der Waals surface area contributed by atoms with Crippen LogP contribution in [0.4, 0.5) is 0 Å². The van der Waals surface area contributed by atoms with Crippen LogP contribution >= 0.6 is 11.3 Å². The summed E-state index contributed by atoms with van der Waals surface area (Å²) in [5, 5.41) is 10.4. The number of thiazole rings is 1. The van der Waals surface area contributed by atoms with Crippen molar-refractivity contribution in [2.45, 2.75) is 25.3 Å². The Hall–Kier alpha value is -2.41. The molecule has 6 nitrogen and oxygen atoms in total. The summed E-state index contributed by atoms with van der Waals surface area (Å²) in [5.41, 5.74) is 0.905. The third-order valence-electron chi connectivity index (χ3n) is 5.46. The summed E-state index contributed by atoms with van der Waals surface area (Å²) in [4.78, 5) is 31.1. The van der Waals surface area contributed by atoms with E-state index in [1.807, 2.05) is 24.3 Å². The third kappa shape index (κ3) is 2.86. The molecule has 1 N–H and O–H groups in total. The minimum absolute atomic E-state index is 0.0884. The van der Waals surface area contributed by atoms with Gasteiger partial charge in [0.1, 0.15) is 21.7 Å². The number of carboxylic acids is 1. The molecule has 1 amide bonds. The van der Waals surface area contributed by atoms with Gasteiger partial charge in [-0.1, -0.05) is 6.42 Å². The summed E-state index contributed by atoms with van der Waals surface area (Å²) in [5.74, 6) is 0.0469. The minimum atomic E-state index is -0.896. The van der Waals surface area contributed by atoms with E-state index in [2.05, 4.69) is 4.98 Å². The van der Waals surface area contributed by atoms with E-state index in [-0.39, 0.29) is 11.8 Å². The molecule has 0 spiro atoms. The minimum Gasteiger partial charge on any atom is -0.497 e. The topological polar surface area (TPSA) is 79.7 Å². The van der Waals surface area contributed by atoms with E-state index >= 15 is 0 Å². The number of rotatable bonds is 4. The number of carbonyl (C=O) groups is 2. The molecule has 1 saturated heterocycles. The second kappa shape index (κ2) is 6.72. The average Bonchev–Trinajstić information content (AvgIpc) is 3.36. The van der Waals surface area contributed by atoms with E-state index in [0.717, 1.165) is 35.6 Å². The largest absolute Gasteiger partial charge is 0.497 e. The average molecular weight is 372 g/mol. The van der Waals surface area contributed by atoms with E-state index in [0.29, 0.717) is 17.3 Å². The van der Waals surface area contributed by atoms with Crippen molar-refractivity contribution in [2.75, 3.05) is 13.7 Å². The Labute approximate surface area is 155 Å². The molecule has 136 valence electrons. The van der Waals surface area contributed by atoms with Crippen LogP contribution in [0, 0.1) is 11.8 Å². The molecule has 2 heterocycles. The molecule has 1 aliphatic carbocycles. The SMILES string of the molecule is COc1ccc(-c2ncc(C(=O)N3CC4CCCC4C3C(=O)O)s2)cc1. The zero-order valence-electron chi connectivity index (χ0n) is 14.4. The smallest absolute Gasteiger partial charge is 0.326 e. The highest BCUT2D eigenvalue weighted by Gasteiger charge is 2.49. The lowest BCUT2D eigenvalue weighted by Gasteiger charge is -2.23. The van der Waals surface area contributed by atoms with Gasteiger partial charge in [-0.3, -0.25) is 4.79 Å². The maximum absolute atomic E-state index is 13.0. The van der Waals surface area contributed by atoms with Crippen molar-refractivity contribution >= 4 is 23.2 Å². The Kier molecular flexibility index (Phi) is 4.40. The first-order chi connectivity index (χ1) is 12.6. The van der Waals surface area contributed by atoms with E-state index in [1.54, 1.807) is 18.2 Å². The van der Waals surface area contributed by atoms with Crippen molar-refractivity contribution in [1.82, 2.24) is 9.88 Å². The van der Waals surface area contributed by atoms with Gasteiger partial charge in [0.2, 0.25) is 0 Å². The Morgan fingerprint density at radius 1 is 1.27 bits per heavy atom. The van der Waals surface area contributed by atoms with Crippen molar-refractivity contribution in [1.29, 1.82) is 0 Å². The van der Waals surface area contributed by atoms with E-state index in [1.165, 1.54) is 11.3 Å². The molecular weight excluding hydrogens is 352 g/mol. The van der Waals surface area contributed by atoms with Crippen LogP contribution in [0.15, 0.2) is 30.5 Å². The highest BCUT2D eigenvalue weighted by Crippen LogP contribution is 2.43. The van der Waals surface area contributed by atoms with Gasteiger partial charge in [-0.05, 0) is 48.9 Å². The molecular formula is C19H20N2O4S. The molecule has 0 radical (unpaired) electrons. The lowest BCUT2D eigenvalue weighted by Crippen LogP contribution is -2.43. The molecule has 2 fully saturated rings. The van der Waals surface area contributed by atoms with Crippen LogP contribution in [0.3, 0.4) is 0 Å². The number of nitrogens with zero attached hydrogens (tertiary/aromatic N) is 2. The molecule has 1 saturated carbocycles. The number of aromatic nitrogens is 1. The second-order valence-corrected chi connectivity index (χ2v) is 7.88. The van der Waals surface area contributed by atoms with E-state index in [9.17, 15) is 14.7 Å². The maximum atomic E-state index is 13.0. The fourth-order valence-electron chi connectivity index (χ4n) is 4.21. The molecule has 3 unspecified atom stereocenters. The number of fused-ring (bicyclic) bond motifs is 1. The summed E-state index contributed by atoms with van der Waals surface area (Å²) in [6.07, 6.45) is 4.52. The zero-order chi connectivity index (χ0) is 18.3. The van der Waals surface area contributed by atoms with Gasteiger partial charge in [-0.2, -0.15) is 0 Å². The maximum Gasteiger partial charge on any atom is 0.326 e. The van der Waals surface area contributed by atoms with Gasteiger partial charge >= 0.3 is 5.97 Å². The number of carboxylic acid groups (broad SMARTS) is 1. The van der Waals surface area contributed by atoms with Gasteiger partial charge in [0, 0.05) is 12.1 Å². The number of aliphatic carboxylic acids is 1. The van der Waals surface area contributed by atoms with Gasteiger partial charge in [-0.15, -0.1) is 11.3 Å². The highest BCUT2D eigenvalue weighted by molar-refractivity contribution is 7.16. The molecule has 1 aromatic heterocycles. The predicted octanol–water partition coefficient (Wildman–Crippen LogP) is 3.14. The first kappa shape index (κ1) is 17.0. The van der Waals surface area contributed by atoms with Crippen molar-refractivity contribution in [3.8, 4) is 16.3 Å². The van der Waals surface area contributed by atoms with Crippen LogP contribution in [0.5, 0.6) is 5.75 Å². The lowest BCUT2D eigenvalue weighted by atomic mass is 9.94. The summed E-state index contributed by atoms with van der Waals surface area (Å²) in [7, 11) is 1.61. The Bertz CT molecular complexity index is 832. The van der Waals surface area contributed by atoms with Gasteiger partial charge in [0.05, 0.1) is 13.3 Å². The Morgan fingerprint density at radius 2 is 2.04 bits per heavy atom. The van der Waals surface area contributed by atoms with Gasteiger partial charge in [-0.25, -0.2) is 9.78 Å². The molecule has 2 aromatic rings. The normalized spacial score (nSPS) is 24.5. The van der Waals surface area contributed by atoms with Gasteiger partial charge in [0.15, 0.2) is 0 Å². The van der Waals surface area contributed by atoms with E-state index in [4.69, 9.17) is 4.74 Å². The van der Waals surface area contributed by atoms with Crippen LogP contribution in [0.2, 0.25) is 0 Å². The predicted molar refractivity (Wildman–Crippen MR) is 97.4 cm³/mol. The molecule has 2 aliphatic rings. The summed E-state index contributed by atoms with van der Waals surface area (Å²) < 4.78 is 5.15. The number of benzene rings is 1. The number of carbonyl (C=O) groups excluding carboxylic acids is 1. The van der Waals surface area contributed by atoms with Crippen LogP contribution in [0.25, 0.3) is 10.6 Å². The zero-order valence-corrected chi connectivity index (χ0v) is 15.2. The molecule has 0 bridgehead atoms. The van der Waals surface area contributed by atoms with E-state index < -0.39 is 12.0 Å². The van der Waals surface area contributed by atoms with Crippen LogP contribution in [-0.2, 0) is 4.79 Å². The Morgan fingerprint density at radius 3 is 2.73 bits per heavy atom. The summed E-state index contributed by atoms with van der Waals surface area (Å²) >= 11 is 1.30. The molecule has 4 rings (SSSR count). The first-order valence-electron chi connectivity index (χ1n) is 8.72. The summed E-state index contributed by atoms with van der Waals surface area (Å²) in [6, 6.07) is 6.78. The quantitative estimate of drug-likeness (QED) is 0.892. The first-order valence-corrected chi connectivity index (χ1v) is 9.54. The number of ether oxygens (including phenoxy) is 1. The molecule has 26 heavy (non-hydrogen) atoms. The van der Waals surface area contributed by atoms with Crippen LogP contribution in [-0.4, -0.2) is 46.6 Å². The van der Waals surface area contributed by atoms with Crippen LogP contribution < -0.4 is 4.74 Å². The highest BCUT2D eigenvalue weighted by atomic mass is 32.1. The van der Waals surface area contributed by atoms with Crippen molar-refractivity contribution in [2.24, 2.45) is 11.8 Å².